The van der Waals surface area contributed by atoms with Gasteiger partial charge in [0.2, 0.25) is 0 Å². The molecule has 5 heteroatoms. The summed E-state index contributed by atoms with van der Waals surface area (Å²) >= 11 is 3.43. The van der Waals surface area contributed by atoms with Gasteiger partial charge in [0.05, 0.1) is 19.8 Å². The van der Waals surface area contributed by atoms with E-state index in [0.29, 0.717) is 6.61 Å². The second kappa shape index (κ2) is 6.91. The van der Waals surface area contributed by atoms with Gasteiger partial charge in [-0.25, -0.2) is 4.39 Å². The first kappa shape index (κ1) is 15.8. The van der Waals surface area contributed by atoms with E-state index in [1.807, 2.05) is 25.1 Å². The standard InChI is InChI=1S/C16H17BrFNO2/c1-3-21-14-7-5-11(17)9-12(14)16(19)10-4-6-13(18)15(8-10)20-2/h4-9,16H,3,19H2,1-2H3. The Morgan fingerprint density at radius 3 is 2.62 bits per heavy atom. The summed E-state index contributed by atoms with van der Waals surface area (Å²) in [5, 5.41) is 0. The van der Waals surface area contributed by atoms with Crippen molar-refractivity contribution in [1.82, 2.24) is 0 Å². The smallest absolute Gasteiger partial charge is 0.165 e. The fraction of sp³-hybridized carbons (Fsp3) is 0.250. The zero-order valence-electron chi connectivity index (χ0n) is 11.9. The molecule has 2 aromatic rings. The van der Waals surface area contributed by atoms with Crippen LogP contribution in [0.25, 0.3) is 0 Å². The molecule has 0 aromatic heterocycles. The summed E-state index contributed by atoms with van der Waals surface area (Å²) in [6.45, 7) is 2.46. The first-order valence-corrected chi connectivity index (χ1v) is 7.37. The monoisotopic (exact) mass is 353 g/mol. The fourth-order valence-corrected chi connectivity index (χ4v) is 2.48. The molecular formula is C16H17BrFNO2. The summed E-state index contributed by atoms with van der Waals surface area (Å²) in [6.07, 6.45) is 0. The molecule has 2 N–H and O–H groups in total. The Morgan fingerprint density at radius 2 is 1.95 bits per heavy atom. The number of hydrogen-bond donors (Lipinski definition) is 1. The van der Waals surface area contributed by atoms with Crippen molar-refractivity contribution in [2.45, 2.75) is 13.0 Å². The van der Waals surface area contributed by atoms with E-state index >= 15 is 0 Å². The Kier molecular flexibility index (Phi) is 5.20. The van der Waals surface area contributed by atoms with Crippen LogP contribution in [-0.4, -0.2) is 13.7 Å². The summed E-state index contributed by atoms with van der Waals surface area (Å²) < 4.78 is 25.0. The van der Waals surface area contributed by atoms with E-state index in [1.165, 1.54) is 13.2 Å². The van der Waals surface area contributed by atoms with Gasteiger partial charge in [0.25, 0.3) is 0 Å². The molecular weight excluding hydrogens is 337 g/mol. The topological polar surface area (TPSA) is 44.5 Å². The van der Waals surface area contributed by atoms with Crippen LogP contribution < -0.4 is 15.2 Å². The minimum atomic E-state index is -0.432. The van der Waals surface area contributed by atoms with Crippen molar-refractivity contribution in [2.75, 3.05) is 13.7 Å². The normalized spacial score (nSPS) is 12.0. The molecule has 1 unspecified atom stereocenters. The lowest BCUT2D eigenvalue weighted by molar-refractivity contribution is 0.335. The lowest BCUT2D eigenvalue weighted by Crippen LogP contribution is -2.14. The van der Waals surface area contributed by atoms with E-state index in [4.69, 9.17) is 15.2 Å². The van der Waals surface area contributed by atoms with Gasteiger partial charge in [0.15, 0.2) is 11.6 Å². The lowest BCUT2D eigenvalue weighted by Gasteiger charge is -2.18. The maximum absolute atomic E-state index is 13.5. The summed E-state index contributed by atoms with van der Waals surface area (Å²) in [5.41, 5.74) is 7.90. The highest BCUT2D eigenvalue weighted by Gasteiger charge is 2.16. The van der Waals surface area contributed by atoms with Crippen LogP contribution in [0.2, 0.25) is 0 Å². The van der Waals surface area contributed by atoms with Gasteiger partial charge in [-0.2, -0.15) is 0 Å². The summed E-state index contributed by atoms with van der Waals surface area (Å²) in [4.78, 5) is 0. The van der Waals surface area contributed by atoms with Gasteiger partial charge in [-0.1, -0.05) is 22.0 Å². The van der Waals surface area contributed by atoms with E-state index in [0.717, 1.165) is 21.3 Å². The van der Waals surface area contributed by atoms with Crippen molar-refractivity contribution in [2.24, 2.45) is 5.73 Å². The molecule has 0 heterocycles. The molecule has 0 bridgehead atoms. The van der Waals surface area contributed by atoms with Crippen LogP contribution in [0, 0.1) is 5.82 Å². The van der Waals surface area contributed by atoms with Gasteiger partial charge < -0.3 is 15.2 Å². The van der Waals surface area contributed by atoms with Crippen LogP contribution in [-0.2, 0) is 0 Å². The molecule has 0 saturated heterocycles. The molecule has 3 nitrogen and oxygen atoms in total. The van der Waals surface area contributed by atoms with E-state index in [2.05, 4.69) is 15.9 Å². The van der Waals surface area contributed by atoms with Crippen LogP contribution >= 0.6 is 15.9 Å². The van der Waals surface area contributed by atoms with Gasteiger partial charge in [0.1, 0.15) is 5.75 Å². The van der Waals surface area contributed by atoms with Crippen LogP contribution in [0.5, 0.6) is 11.5 Å². The third-order valence-electron chi connectivity index (χ3n) is 3.14. The Hall–Kier alpha value is -1.59. The minimum Gasteiger partial charge on any atom is -0.494 e. The Morgan fingerprint density at radius 1 is 1.19 bits per heavy atom. The van der Waals surface area contributed by atoms with Crippen LogP contribution in [0.4, 0.5) is 4.39 Å². The van der Waals surface area contributed by atoms with E-state index in [1.54, 1.807) is 12.1 Å². The molecule has 0 aliphatic heterocycles. The van der Waals surface area contributed by atoms with E-state index in [-0.39, 0.29) is 5.75 Å². The van der Waals surface area contributed by atoms with Gasteiger partial charge in [-0.05, 0) is 42.8 Å². The van der Waals surface area contributed by atoms with Crippen LogP contribution in [0.3, 0.4) is 0 Å². The molecule has 0 spiro atoms. The largest absolute Gasteiger partial charge is 0.494 e. The number of rotatable bonds is 5. The van der Waals surface area contributed by atoms with Gasteiger partial charge in [-0.15, -0.1) is 0 Å². The highest BCUT2D eigenvalue weighted by atomic mass is 79.9. The highest BCUT2D eigenvalue weighted by Crippen LogP contribution is 2.32. The molecule has 2 aromatic carbocycles. The summed E-state index contributed by atoms with van der Waals surface area (Å²) in [6, 6.07) is 9.85. The molecule has 2 rings (SSSR count). The van der Waals surface area contributed by atoms with Gasteiger partial charge in [-0.3, -0.25) is 0 Å². The number of methoxy groups -OCH3 is 1. The van der Waals surface area contributed by atoms with Crippen molar-refractivity contribution in [3.8, 4) is 11.5 Å². The molecule has 1 atom stereocenters. The van der Waals surface area contributed by atoms with Crippen molar-refractivity contribution >= 4 is 15.9 Å². The third-order valence-corrected chi connectivity index (χ3v) is 3.63. The predicted octanol–water partition coefficient (Wildman–Crippen LogP) is 4.04. The van der Waals surface area contributed by atoms with Crippen LogP contribution in [0.1, 0.15) is 24.1 Å². The quantitative estimate of drug-likeness (QED) is 0.881. The molecule has 0 saturated carbocycles. The molecule has 21 heavy (non-hydrogen) atoms. The minimum absolute atomic E-state index is 0.177. The number of hydrogen-bond acceptors (Lipinski definition) is 3. The summed E-state index contributed by atoms with van der Waals surface area (Å²) in [5.74, 6) is 0.486. The number of nitrogens with two attached hydrogens (primary N) is 1. The van der Waals surface area contributed by atoms with Gasteiger partial charge in [0, 0.05) is 10.0 Å². The van der Waals surface area contributed by atoms with Crippen molar-refractivity contribution in [1.29, 1.82) is 0 Å². The van der Waals surface area contributed by atoms with Crippen LogP contribution in [0.15, 0.2) is 40.9 Å². The zero-order chi connectivity index (χ0) is 15.4. The Balaban J connectivity index is 2.43. The van der Waals surface area contributed by atoms with Gasteiger partial charge >= 0.3 is 0 Å². The first-order valence-electron chi connectivity index (χ1n) is 6.58. The zero-order valence-corrected chi connectivity index (χ0v) is 13.5. The molecule has 0 amide bonds. The van der Waals surface area contributed by atoms with Crippen molar-refractivity contribution in [3.63, 3.8) is 0 Å². The summed E-state index contributed by atoms with van der Waals surface area (Å²) in [7, 11) is 1.43. The SMILES string of the molecule is CCOc1ccc(Br)cc1C(N)c1ccc(F)c(OC)c1. The second-order valence-corrected chi connectivity index (χ2v) is 5.40. The second-order valence-electron chi connectivity index (χ2n) is 4.49. The molecule has 0 radical (unpaired) electrons. The third kappa shape index (κ3) is 3.54. The Labute approximate surface area is 132 Å². The molecule has 112 valence electrons. The van der Waals surface area contributed by atoms with Crippen molar-refractivity contribution in [3.05, 3.63) is 57.8 Å². The maximum Gasteiger partial charge on any atom is 0.165 e. The first-order chi connectivity index (χ1) is 10.1. The number of ether oxygens (including phenoxy) is 2. The molecule has 0 aliphatic rings. The van der Waals surface area contributed by atoms with E-state index in [9.17, 15) is 4.39 Å². The predicted molar refractivity (Wildman–Crippen MR) is 84.3 cm³/mol. The van der Waals surface area contributed by atoms with Crippen molar-refractivity contribution < 1.29 is 13.9 Å². The average Bonchev–Trinajstić information content (AvgIpc) is 2.49. The maximum atomic E-state index is 13.5. The number of benzene rings is 2. The average molecular weight is 354 g/mol. The molecule has 0 fully saturated rings. The van der Waals surface area contributed by atoms with E-state index < -0.39 is 11.9 Å². The lowest BCUT2D eigenvalue weighted by atomic mass is 9.98. The molecule has 0 aliphatic carbocycles. The highest BCUT2D eigenvalue weighted by molar-refractivity contribution is 9.10. The number of halogens is 2. The Bertz CT molecular complexity index is 634. The fourth-order valence-electron chi connectivity index (χ4n) is 2.10.